The van der Waals surface area contributed by atoms with E-state index in [-0.39, 0.29) is 0 Å². The van der Waals surface area contributed by atoms with Crippen LogP contribution in [0.2, 0.25) is 0 Å². The van der Waals surface area contributed by atoms with Gasteiger partial charge in [0.2, 0.25) is 0 Å². The highest BCUT2D eigenvalue weighted by atomic mass is 16.5. The van der Waals surface area contributed by atoms with Crippen LogP contribution < -0.4 is 10.1 Å². The van der Waals surface area contributed by atoms with Gasteiger partial charge in [-0.05, 0) is 24.3 Å². The predicted octanol–water partition coefficient (Wildman–Crippen LogP) is 1.09. The van der Waals surface area contributed by atoms with E-state index in [4.69, 9.17) is 9.94 Å². The van der Waals surface area contributed by atoms with Crippen LogP contribution in [0.4, 0.5) is 5.69 Å². The minimum atomic E-state index is -0.488. The molecule has 5 nitrogen and oxygen atoms in total. The Balaban J connectivity index is 2.64. The number of carbonyl (C=O) groups excluding carboxylic acids is 1. The summed E-state index contributed by atoms with van der Waals surface area (Å²) in [7, 11) is 1.56. The molecule has 1 aromatic carbocycles. The van der Waals surface area contributed by atoms with Gasteiger partial charge in [-0.3, -0.25) is 4.79 Å². The molecule has 0 heterocycles. The van der Waals surface area contributed by atoms with Crippen molar-refractivity contribution in [1.29, 1.82) is 0 Å². The van der Waals surface area contributed by atoms with Crippen LogP contribution in [-0.2, 0) is 4.79 Å². The molecule has 0 aliphatic carbocycles. The Hall–Kier alpha value is -2.04. The minimum Gasteiger partial charge on any atom is -0.497 e. The van der Waals surface area contributed by atoms with E-state index in [1.165, 1.54) is 0 Å². The molecule has 14 heavy (non-hydrogen) atoms. The lowest BCUT2D eigenvalue weighted by atomic mass is 10.3. The van der Waals surface area contributed by atoms with Gasteiger partial charge in [0, 0.05) is 5.69 Å². The molecule has 1 rings (SSSR count). The summed E-state index contributed by atoms with van der Waals surface area (Å²) < 4.78 is 4.94. The molecule has 0 bridgehead atoms. The fourth-order valence-electron chi connectivity index (χ4n) is 0.901. The Bertz CT molecular complexity index is 332. The number of hydrogen-bond acceptors (Lipinski definition) is 4. The standard InChI is InChI=1S/C9H10N2O3/c1-14-8-4-2-7(3-5-8)11-9(12)6-10-13/h2-6,13H,1H3,(H,11,12). The number of anilines is 1. The second-order valence-electron chi connectivity index (χ2n) is 2.46. The Morgan fingerprint density at radius 1 is 1.50 bits per heavy atom. The first-order chi connectivity index (χ1) is 6.76. The van der Waals surface area contributed by atoms with Gasteiger partial charge < -0.3 is 15.3 Å². The predicted molar refractivity (Wildman–Crippen MR) is 51.9 cm³/mol. The van der Waals surface area contributed by atoms with Crippen LogP contribution in [0, 0.1) is 0 Å². The Labute approximate surface area is 81.0 Å². The highest BCUT2D eigenvalue weighted by molar-refractivity contribution is 6.31. The maximum absolute atomic E-state index is 10.9. The van der Waals surface area contributed by atoms with Crippen molar-refractivity contribution in [2.45, 2.75) is 0 Å². The van der Waals surface area contributed by atoms with E-state index < -0.39 is 5.91 Å². The van der Waals surface area contributed by atoms with Gasteiger partial charge in [0.15, 0.2) is 0 Å². The first kappa shape index (κ1) is 10.0. The Morgan fingerprint density at radius 2 is 2.14 bits per heavy atom. The number of carbonyl (C=O) groups is 1. The average Bonchev–Trinajstić information content (AvgIpc) is 2.19. The molecule has 5 heteroatoms. The zero-order valence-corrected chi connectivity index (χ0v) is 7.60. The quantitative estimate of drug-likeness (QED) is 0.430. The Kier molecular flexibility index (Phi) is 3.49. The van der Waals surface area contributed by atoms with E-state index >= 15 is 0 Å². The smallest absolute Gasteiger partial charge is 0.270 e. The molecule has 0 aliphatic heterocycles. The first-order valence-corrected chi connectivity index (χ1v) is 3.88. The van der Waals surface area contributed by atoms with Crippen molar-refractivity contribution in [1.82, 2.24) is 0 Å². The molecule has 2 N–H and O–H groups in total. The van der Waals surface area contributed by atoms with Gasteiger partial charge in [0.25, 0.3) is 5.91 Å². The molecule has 0 aliphatic rings. The number of ether oxygens (including phenoxy) is 1. The third kappa shape index (κ3) is 2.78. The van der Waals surface area contributed by atoms with Gasteiger partial charge in [-0.2, -0.15) is 0 Å². The van der Waals surface area contributed by atoms with Gasteiger partial charge in [0.1, 0.15) is 12.0 Å². The van der Waals surface area contributed by atoms with E-state index in [0.717, 1.165) is 6.21 Å². The minimum absolute atomic E-state index is 0.488. The number of rotatable bonds is 3. The van der Waals surface area contributed by atoms with E-state index in [1.807, 2.05) is 0 Å². The zero-order chi connectivity index (χ0) is 10.4. The van der Waals surface area contributed by atoms with Crippen molar-refractivity contribution in [3.63, 3.8) is 0 Å². The van der Waals surface area contributed by atoms with Gasteiger partial charge in [-0.25, -0.2) is 0 Å². The number of hydrogen-bond donors (Lipinski definition) is 2. The topological polar surface area (TPSA) is 70.9 Å². The number of nitrogens with one attached hydrogen (secondary N) is 1. The molecule has 0 saturated carbocycles. The molecular formula is C9H10N2O3. The summed E-state index contributed by atoms with van der Waals surface area (Å²) in [4.78, 5) is 10.9. The number of nitrogens with zero attached hydrogens (tertiary/aromatic N) is 1. The summed E-state index contributed by atoms with van der Waals surface area (Å²) in [5.74, 6) is 0.219. The number of oxime groups is 1. The molecule has 0 unspecified atom stereocenters. The second-order valence-corrected chi connectivity index (χ2v) is 2.46. The fraction of sp³-hybridized carbons (Fsp3) is 0.111. The molecule has 1 aromatic rings. The van der Waals surface area contributed by atoms with Crippen molar-refractivity contribution in [2.75, 3.05) is 12.4 Å². The maximum Gasteiger partial charge on any atom is 0.270 e. The van der Waals surface area contributed by atoms with Crippen LogP contribution >= 0.6 is 0 Å². The largest absolute Gasteiger partial charge is 0.497 e. The van der Waals surface area contributed by atoms with E-state index in [2.05, 4.69) is 10.5 Å². The van der Waals surface area contributed by atoms with Gasteiger partial charge >= 0.3 is 0 Å². The second kappa shape index (κ2) is 4.86. The van der Waals surface area contributed by atoms with Crippen molar-refractivity contribution in [3.8, 4) is 5.75 Å². The molecule has 74 valence electrons. The monoisotopic (exact) mass is 194 g/mol. The van der Waals surface area contributed by atoms with Crippen LogP contribution in [0.3, 0.4) is 0 Å². The van der Waals surface area contributed by atoms with Gasteiger partial charge in [0.05, 0.1) is 7.11 Å². The summed E-state index contributed by atoms with van der Waals surface area (Å²) in [6, 6.07) is 6.79. The SMILES string of the molecule is COc1ccc(NC(=O)C=NO)cc1. The maximum atomic E-state index is 10.9. The first-order valence-electron chi connectivity index (χ1n) is 3.88. The molecule has 0 fully saturated rings. The van der Waals surface area contributed by atoms with Crippen LogP contribution in [0.15, 0.2) is 29.4 Å². The third-order valence-corrected chi connectivity index (χ3v) is 1.53. The summed E-state index contributed by atoms with van der Waals surface area (Å²) in [6.07, 6.45) is 0.782. The highest BCUT2D eigenvalue weighted by Gasteiger charge is 1.98. The number of benzene rings is 1. The van der Waals surface area contributed by atoms with Crippen LogP contribution in [0.25, 0.3) is 0 Å². The third-order valence-electron chi connectivity index (χ3n) is 1.53. The highest BCUT2D eigenvalue weighted by Crippen LogP contribution is 2.14. The van der Waals surface area contributed by atoms with E-state index in [1.54, 1.807) is 31.4 Å². The van der Waals surface area contributed by atoms with E-state index in [0.29, 0.717) is 11.4 Å². The molecule has 0 spiro atoms. The number of methoxy groups -OCH3 is 1. The molecule has 0 atom stereocenters. The van der Waals surface area contributed by atoms with E-state index in [9.17, 15) is 4.79 Å². The van der Waals surface area contributed by atoms with Crippen molar-refractivity contribution < 1.29 is 14.7 Å². The lowest BCUT2D eigenvalue weighted by Gasteiger charge is -2.02. The molecule has 0 saturated heterocycles. The van der Waals surface area contributed by atoms with Gasteiger partial charge in [-0.1, -0.05) is 5.16 Å². The number of amides is 1. The van der Waals surface area contributed by atoms with Gasteiger partial charge in [-0.15, -0.1) is 0 Å². The van der Waals surface area contributed by atoms with Crippen molar-refractivity contribution in [2.24, 2.45) is 5.16 Å². The lowest BCUT2D eigenvalue weighted by molar-refractivity contribution is -0.110. The molecule has 1 amide bonds. The molecule has 0 radical (unpaired) electrons. The fourth-order valence-corrected chi connectivity index (χ4v) is 0.901. The van der Waals surface area contributed by atoms with Crippen LogP contribution in [0.5, 0.6) is 5.75 Å². The molecular weight excluding hydrogens is 184 g/mol. The van der Waals surface area contributed by atoms with Crippen LogP contribution in [-0.4, -0.2) is 24.4 Å². The summed E-state index contributed by atoms with van der Waals surface area (Å²) in [5.41, 5.74) is 0.607. The average molecular weight is 194 g/mol. The van der Waals surface area contributed by atoms with Crippen molar-refractivity contribution >= 4 is 17.8 Å². The Morgan fingerprint density at radius 3 is 2.64 bits per heavy atom. The van der Waals surface area contributed by atoms with Crippen LogP contribution in [0.1, 0.15) is 0 Å². The normalized spacial score (nSPS) is 10.1. The zero-order valence-electron chi connectivity index (χ0n) is 7.60. The lowest BCUT2D eigenvalue weighted by Crippen LogP contribution is -2.12. The molecule has 0 aromatic heterocycles. The summed E-state index contributed by atoms with van der Waals surface area (Å²) in [6.45, 7) is 0. The van der Waals surface area contributed by atoms with Crippen molar-refractivity contribution in [3.05, 3.63) is 24.3 Å². The summed E-state index contributed by atoms with van der Waals surface area (Å²) >= 11 is 0. The summed E-state index contributed by atoms with van der Waals surface area (Å²) in [5, 5.41) is 13.2.